The molecule has 0 saturated carbocycles. The Balaban J connectivity index is 2.29. The quantitative estimate of drug-likeness (QED) is 0.754. The van der Waals surface area contributed by atoms with Gasteiger partial charge in [-0.05, 0) is 0 Å². The maximum atomic E-state index is 5.65. The van der Waals surface area contributed by atoms with Gasteiger partial charge in [0.1, 0.15) is 0 Å². The molecule has 0 aliphatic rings. The van der Waals surface area contributed by atoms with Crippen LogP contribution in [0.3, 0.4) is 0 Å². The summed E-state index contributed by atoms with van der Waals surface area (Å²) in [5.74, 6) is 1.53. The second-order valence-electron chi connectivity index (χ2n) is 2.94. The van der Waals surface area contributed by atoms with Crippen molar-refractivity contribution in [1.82, 2.24) is 14.5 Å². The van der Waals surface area contributed by atoms with Gasteiger partial charge in [-0.1, -0.05) is 0 Å². The largest absolute Gasteiger partial charge is 0.332 e. The summed E-state index contributed by atoms with van der Waals surface area (Å²) in [6.45, 7) is 0. The predicted octanol–water partition coefficient (Wildman–Crippen LogP) is 2.32. The molecule has 0 saturated heterocycles. The van der Waals surface area contributed by atoms with Crippen LogP contribution in [0.25, 0.3) is 10.8 Å². The van der Waals surface area contributed by atoms with Crippen molar-refractivity contribution < 1.29 is 0 Å². The summed E-state index contributed by atoms with van der Waals surface area (Å²) in [4.78, 5) is 8.69. The van der Waals surface area contributed by atoms with Gasteiger partial charge in [0, 0.05) is 37.1 Å². The molecule has 0 atom stereocenters. The van der Waals surface area contributed by atoms with E-state index < -0.39 is 0 Å². The fraction of sp³-hybridized carbons (Fsp3) is 0.333. The average Bonchev–Trinajstić information content (AvgIpc) is 2.74. The maximum absolute atomic E-state index is 5.65. The average molecular weight is 228 g/mol. The van der Waals surface area contributed by atoms with Gasteiger partial charge in [-0.15, -0.1) is 22.9 Å². The van der Waals surface area contributed by atoms with E-state index in [0.717, 1.165) is 22.9 Å². The van der Waals surface area contributed by atoms with E-state index in [1.54, 1.807) is 17.5 Å². The Kier molecular flexibility index (Phi) is 2.84. The minimum atomic E-state index is 0.615. The summed E-state index contributed by atoms with van der Waals surface area (Å²) < 4.78 is 1.96. The van der Waals surface area contributed by atoms with Crippen molar-refractivity contribution in [2.24, 2.45) is 7.05 Å². The van der Waals surface area contributed by atoms with E-state index >= 15 is 0 Å². The van der Waals surface area contributed by atoms with Crippen LogP contribution in [-0.4, -0.2) is 20.4 Å². The molecule has 0 spiro atoms. The van der Waals surface area contributed by atoms with Crippen molar-refractivity contribution in [2.75, 3.05) is 5.88 Å². The number of hydrogen-bond acceptors (Lipinski definition) is 3. The van der Waals surface area contributed by atoms with Crippen molar-refractivity contribution >= 4 is 22.9 Å². The minimum Gasteiger partial charge on any atom is -0.332 e. The lowest BCUT2D eigenvalue weighted by Crippen LogP contribution is -1.91. The molecule has 5 heteroatoms. The van der Waals surface area contributed by atoms with Crippen LogP contribution in [0.1, 0.15) is 5.69 Å². The summed E-state index contributed by atoms with van der Waals surface area (Å²) >= 11 is 7.25. The second-order valence-corrected chi connectivity index (χ2v) is 4.18. The molecule has 2 aromatic rings. The normalized spacial score (nSPS) is 10.7. The zero-order valence-corrected chi connectivity index (χ0v) is 9.35. The number of halogens is 1. The molecule has 0 amide bonds. The van der Waals surface area contributed by atoms with Crippen LogP contribution in [0, 0.1) is 0 Å². The number of nitrogens with zero attached hydrogens (tertiary/aromatic N) is 3. The summed E-state index contributed by atoms with van der Waals surface area (Å²) in [6, 6.07) is 0. The highest BCUT2D eigenvalue weighted by molar-refractivity contribution is 7.13. The topological polar surface area (TPSA) is 30.7 Å². The molecule has 2 heterocycles. The highest BCUT2D eigenvalue weighted by Gasteiger charge is 2.07. The summed E-state index contributed by atoms with van der Waals surface area (Å²) in [5, 5.41) is 2.99. The van der Waals surface area contributed by atoms with Crippen molar-refractivity contribution in [2.45, 2.75) is 6.42 Å². The van der Waals surface area contributed by atoms with Gasteiger partial charge in [-0.2, -0.15) is 0 Å². The molecule has 0 N–H and O–H groups in total. The van der Waals surface area contributed by atoms with E-state index in [4.69, 9.17) is 11.6 Å². The van der Waals surface area contributed by atoms with E-state index in [2.05, 4.69) is 9.97 Å². The fourth-order valence-corrected chi connectivity index (χ4v) is 2.28. The molecule has 0 aliphatic heterocycles. The Morgan fingerprint density at radius 1 is 1.57 bits per heavy atom. The molecule has 0 unspecified atom stereocenters. The molecule has 0 bridgehead atoms. The summed E-state index contributed by atoms with van der Waals surface area (Å²) in [6.07, 6.45) is 4.51. The number of imidazole rings is 1. The summed E-state index contributed by atoms with van der Waals surface area (Å²) in [7, 11) is 1.96. The fourth-order valence-electron chi connectivity index (χ4n) is 1.19. The van der Waals surface area contributed by atoms with Gasteiger partial charge in [0.05, 0.1) is 5.69 Å². The zero-order chi connectivity index (χ0) is 9.97. The van der Waals surface area contributed by atoms with E-state index in [1.807, 2.05) is 23.2 Å². The Morgan fingerprint density at radius 3 is 3.07 bits per heavy atom. The molecule has 3 nitrogen and oxygen atoms in total. The smallest absolute Gasteiger partial charge is 0.168 e. The van der Waals surface area contributed by atoms with E-state index in [9.17, 15) is 0 Å². The number of aryl methyl sites for hydroxylation is 2. The van der Waals surface area contributed by atoms with Crippen LogP contribution >= 0.6 is 22.9 Å². The molecular weight excluding hydrogens is 218 g/mol. The molecule has 2 rings (SSSR count). The van der Waals surface area contributed by atoms with Crippen LogP contribution in [0.5, 0.6) is 0 Å². The Hall–Kier alpha value is -0.870. The lowest BCUT2D eigenvalue weighted by atomic mass is 10.4. The standard InChI is InChI=1S/C9H10ClN3S/c1-13-5-4-11-8(13)9-12-7(2-3-10)6-14-9/h4-6H,2-3H2,1H3. The van der Waals surface area contributed by atoms with Crippen LogP contribution < -0.4 is 0 Å². The third-order valence-corrected chi connectivity index (χ3v) is 2.99. The number of thiazole rings is 1. The highest BCUT2D eigenvalue weighted by Crippen LogP contribution is 2.21. The molecule has 0 aromatic carbocycles. The van der Waals surface area contributed by atoms with E-state index in [-0.39, 0.29) is 0 Å². The Labute approximate surface area is 91.4 Å². The third kappa shape index (κ3) is 1.81. The zero-order valence-electron chi connectivity index (χ0n) is 7.77. The monoisotopic (exact) mass is 227 g/mol. The van der Waals surface area contributed by atoms with Gasteiger partial charge in [0.25, 0.3) is 0 Å². The predicted molar refractivity (Wildman–Crippen MR) is 58.7 cm³/mol. The SMILES string of the molecule is Cn1ccnc1-c1nc(CCCl)cs1. The van der Waals surface area contributed by atoms with Crippen molar-refractivity contribution in [3.05, 3.63) is 23.5 Å². The van der Waals surface area contributed by atoms with Crippen LogP contribution in [0.2, 0.25) is 0 Å². The second kappa shape index (κ2) is 4.11. The van der Waals surface area contributed by atoms with Crippen LogP contribution in [0.15, 0.2) is 17.8 Å². The van der Waals surface area contributed by atoms with Crippen LogP contribution in [0.4, 0.5) is 0 Å². The lowest BCUT2D eigenvalue weighted by Gasteiger charge is -1.95. The number of hydrogen-bond donors (Lipinski definition) is 0. The summed E-state index contributed by atoms with van der Waals surface area (Å²) in [5.41, 5.74) is 1.04. The van der Waals surface area contributed by atoms with Crippen molar-refractivity contribution in [3.63, 3.8) is 0 Å². The Bertz CT molecular complexity index is 421. The van der Waals surface area contributed by atoms with Gasteiger partial charge in [0.2, 0.25) is 0 Å². The lowest BCUT2D eigenvalue weighted by molar-refractivity contribution is 0.919. The van der Waals surface area contributed by atoms with E-state index in [1.165, 1.54) is 0 Å². The molecule has 2 aromatic heterocycles. The van der Waals surface area contributed by atoms with Crippen molar-refractivity contribution in [1.29, 1.82) is 0 Å². The van der Waals surface area contributed by atoms with Crippen molar-refractivity contribution in [3.8, 4) is 10.8 Å². The first-order valence-electron chi connectivity index (χ1n) is 4.29. The first-order chi connectivity index (χ1) is 6.81. The van der Waals surface area contributed by atoms with Gasteiger partial charge >= 0.3 is 0 Å². The molecule has 0 fully saturated rings. The van der Waals surface area contributed by atoms with Gasteiger partial charge in [0.15, 0.2) is 10.8 Å². The first-order valence-corrected chi connectivity index (χ1v) is 5.70. The van der Waals surface area contributed by atoms with Gasteiger partial charge in [-0.3, -0.25) is 0 Å². The van der Waals surface area contributed by atoms with Gasteiger partial charge in [-0.25, -0.2) is 9.97 Å². The molecule has 74 valence electrons. The molecule has 14 heavy (non-hydrogen) atoms. The maximum Gasteiger partial charge on any atom is 0.168 e. The number of rotatable bonds is 3. The molecular formula is C9H10ClN3S. The molecule has 0 aliphatic carbocycles. The highest BCUT2D eigenvalue weighted by atomic mass is 35.5. The van der Waals surface area contributed by atoms with Gasteiger partial charge < -0.3 is 4.57 Å². The minimum absolute atomic E-state index is 0.615. The number of aromatic nitrogens is 3. The third-order valence-electron chi connectivity index (χ3n) is 1.91. The van der Waals surface area contributed by atoms with Crippen LogP contribution in [-0.2, 0) is 13.5 Å². The molecule has 0 radical (unpaired) electrons. The number of alkyl halides is 1. The first kappa shape index (κ1) is 9.68. The van der Waals surface area contributed by atoms with E-state index in [0.29, 0.717) is 5.88 Å². The Morgan fingerprint density at radius 2 is 2.43 bits per heavy atom.